The van der Waals surface area contributed by atoms with Gasteiger partial charge in [0.15, 0.2) is 0 Å². The molecule has 5 heteroatoms. The van der Waals surface area contributed by atoms with E-state index in [0.29, 0.717) is 12.2 Å². The summed E-state index contributed by atoms with van der Waals surface area (Å²) < 4.78 is 0. The van der Waals surface area contributed by atoms with E-state index < -0.39 is 11.8 Å². The number of benzene rings is 2. The molecule has 1 fully saturated rings. The van der Waals surface area contributed by atoms with Gasteiger partial charge in [-0.3, -0.25) is 14.6 Å². The highest BCUT2D eigenvalue weighted by Gasteiger charge is 2.35. The molecule has 3 aromatic rings. The molecule has 0 bridgehead atoms. The van der Waals surface area contributed by atoms with Crippen molar-refractivity contribution in [2.75, 3.05) is 5.32 Å². The lowest BCUT2D eigenvalue weighted by molar-refractivity contribution is -0.144. The van der Waals surface area contributed by atoms with Gasteiger partial charge in [0.2, 0.25) is 0 Å². The third-order valence-corrected chi connectivity index (χ3v) is 4.56. The van der Waals surface area contributed by atoms with E-state index in [4.69, 9.17) is 0 Å². The number of rotatable bonds is 4. The van der Waals surface area contributed by atoms with Gasteiger partial charge in [0.25, 0.3) is 0 Å². The van der Waals surface area contributed by atoms with Gasteiger partial charge in [0.1, 0.15) is 0 Å². The Labute approximate surface area is 151 Å². The van der Waals surface area contributed by atoms with E-state index in [2.05, 4.69) is 10.3 Å². The summed E-state index contributed by atoms with van der Waals surface area (Å²) in [5, 5.41) is 4.73. The number of fused-ring (bicyclic) bond motifs is 1. The fourth-order valence-corrected chi connectivity index (χ4v) is 3.08. The number of carbonyl (C=O) groups excluding carboxylic acids is 2. The number of amides is 2. The van der Waals surface area contributed by atoms with Gasteiger partial charge in [-0.2, -0.15) is 0 Å². The van der Waals surface area contributed by atoms with Gasteiger partial charge < -0.3 is 10.2 Å². The number of aromatic nitrogens is 1. The van der Waals surface area contributed by atoms with E-state index in [0.717, 1.165) is 29.2 Å². The highest BCUT2D eigenvalue weighted by atomic mass is 16.2. The smallest absolute Gasteiger partial charge is 0.313 e. The van der Waals surface area contributed by atoms with Crippen molar-refractivity contribution >= 4 is 28.3 Å². The van der Waals surface area contributed by atoms with Crippen molar-refractivity contribution in [2.24, 2.45) is 0 Å². The average Bonchev–Trinajstić information content (AvgIpc) is 3.52. The molecule has 130 valence electrons. The Morgan fingerprint density at radius 2 is 1.85 bits per heavy atom. The lowest BCUT2D eigenvalue weighted by Crippen LogP contribution is -2.40. The maximum atomic E-state index is 12.8. The molecule has 0 aliphatic heterocycles. The van der Waals surface area contributed by atoms with Crippen molar-refractivity contribution < 1.29 is 9.59 Å². The normalized spacial score (nSPS) is 13.4. The number of hydrogen-bond acceptors (Lipinski definition) is 3. The zero-order valence-electron chi connectivity index (χ0n) is 14.3. The van der Waals surface area contributed by atoms with E-state index in [9.17, 15) is 9.59 Å². The average molecular weight is 345 g/mol. The summed E-state index contributed by atoms with van der Waals surface area (Å²) in [6, 6.07) is 17.3. The van der Waals surface area contributed by atoms with Crippen LogP contribution in [0.3, 0.4) is 0 Å². The molecule has 0 saturated heterocycles. The molecule has 1 N–H and O–H groups in total. The minimum absolute atomic E-state index is 0.140. The van der Waals surface area contributed by atoms with Gasteiger partial charge in [0, 0.05) is 36.1 Å². The van der Waals surface area contributed by atoms with Gasteiger partial charge in [0.05, 0.1) is 0 Å². The first-order valence-corrected chi connectivity index (χ1v) is 8.71. The van der Waals surface area contributed by atoms with Crippen LogP contribution in [0.5, 0.6) is 0 Å². The van der Waals surface area contributed by atoms with Gasteiger partial charge in [-0.1, -0.05) is 42.5 Å². The predicted octanol–water partition coefficient (Wildman–Crippen LogP) is 3.36. The van der Waals surface area contributed by atoms with E-state index >= 15 is 0 Å². The zero-order chi connectivity index (χ0) is 17.9. The molecule has 1 aromatic heterocycles. The third-order valence-electron chi connectivity index (χ3n) is 4.56. The fraction of sp³-hybridized carbons (Fsp3) is 0.190. The molecular weight excluding hydrogens is 326 g/mol. The first-order chi connectivity index (χ1) is 12.7. The number of nitrogens with zero attached hydrogens (tertiary/aromatic N) is 2. The molecule has 4 rings (SSSR count). The van der Waals surface area contributed by atoms with Crippen LogP contribution in [-0.4, -0.2) is 27.7 Å². The minimum atomic E-state index is -0.600. The molecule has 1 aliphatic rings. The highest BCUT2D eigenvalue weighted by Crippen LogP contribution is 2.29. The summed E-state index contributed by atoms with van der Waals surface area (Å²) in [6.07, 6.45) is 5.30. The Hall–Kier alpha value is -3.21. The predicted molar refractivity (Wildman–Crippen MR) is 100 cm³/mol. The minimum Gasteiger partial charge on any atom is -0.327 e. The van der Waals surface area contributed by atoms with Crippen molar-refractivity contribution in [2.45, 2.75) is 25.4 Å². The van der Waals surface area contributed by atoms with Crippen LogP contribution in [0.2, 0.25) is 0 Å². The van der Waals surface area contributed by atoms with Crippen molar-refractivity contribution in [1.82, 2.24) is 9.88 Å². The van der Waals surface area contributed by atoms with Gasteiger partial charge in [-0.15, -0.1) is 0 Å². The lowest BCUT2D eigenvalue weighted by atomic mass is 10.1. The molecule has 2 amide bonds. The second-order valence-corrected chi connectivity index (χ2v) is 6.51. The number of pyridine rings is 1. The third kappa shape index (κ3) is 3.42. The van der Waals surface area contributed by atoms with E-state index in [1.807, 2.05) is 54.6 Å². The van der Waals surface area contributed by atoms with Crippen LogP contribution in [0.4, 0.5) is 5.69 Å². The first-order valence-electron chi connectivity index (χ1n) is 8.71. The van der Waals surface area contributed by atoms with Crippen LogP contribution in [-0.2, 0) is 16.1 Å². The van der Waals surface area contributed by atoms with Crippen molar-refractivity contribution in [3.63, 3.8) is 0 Å². The lowest BCUT2D eigenvalue weighted by Gasteiger charge is -2.22. The Balaban J connectivity index is 1.53. The number of carbonyl (C=O) groups is 2. The first kappa shape index (κ1) is 16.3. The molecule has 0 unspecified atom stereocenters. The molecular formula is C21H19N3O2. The molecule has 1 saturated carbocycles. The van der Waals surface area contributed by atoms with Crippen LogP contribution in [0.1, 0.15) is 18.4 Å². The van der Waals surface area contributed by atoms with Gasteiger partial charge >= 0.3 is 11.8 Å². The van der Waals surface area contributed by atoms with E-state index in [-0.39, 0.29) is 6.04 Å². The van der Waals surface area contributed by atoms with Crippen LogP contribution in [0.25, 0.3) is 10.8 Å². The quantitative estimate of drug-likeness (QED) is 0.738. The maximum absolute atomic E-state index is 12.8. The Bertz CT molecular complexity index is 946. The molecule has 1 aliphatic carbocycles. The molecule has 26 heavy (non-hydrogen) atoms. The van der Waals surface area contributed by atoms with Gasteiger partial charge in [-0.05, 0) is 35.9 Å². The summed E-state index contributed by atoms with van der Waals surface area (Å²) in [5.41, 5.74) is 1.57. The van der Waals surface area contributed by atoms with Crippen LogP contribution in [0.15, 0.2) is 67.0 Å². The molecule has 0 radical (unpaired) electrons. The van der Waals surface area contributed by atoms with E-state index in [1.54, 1.807) is 17.3 Å². The Morgan fingerprint density at radius 3 is 2.62 bits per heavy atom. The number of hydrogen-bond donors (Lipinski definition) is 1. The Morgan fingerprint density at radius 1 is 1.04 bits per heavy atom. The van der Waals surface area contributed by atoms with Crippen LogP contribution >= 0.6 is 0 Å². The largest absolute Gasteiger partial charge is 0.327 e. The topological polar surface area (TPSA) is 62.3 Å². The molecule has 0 spiro atoms. The second kappa shape index (κ2) is 6.96. The van der Waals surface area contributed by atoms with Crippen LogP contribution < -0.4 is 5.32 Å². The van der Waals surface area contributed by atoms with Crippen LogP contribution in [0, 0.1) is 0 Å². The maximum Gasteiger partial charge on any atom is 0.313 e. The SMILES string of the molecule is O=C(Nc1cccc2ccccc12)C(=O)N(Cc1cccnc1)C1CC1. The summed E-state index contributed by atoms with van der Waals surface area (Å²) >= 11 is 0. The summed E-state index contributed by atoms with van der Waals surface area (Å²) in [4.78, 5) is 31.1. The monoisotopic (exact) mass is 345 g/mol. The second-order valence-electron chi connectivity index (χ2n) is 6.51. The van der Waals surface area contributed by atoms with Crippen molar-refractivity contribution in [3.05, 3.63) is 72.6 Å². The van der Waals surface area contributed by atoms with Crippen molar-refractivity contribution in [1.29, 1.82) is 0 Å². The summed E-state index contributed by atoms with van der Waals surface area (Å²) in [7, 11) is 0. The van der Waals surface area contributed by atoms with E-state index in [1.165, 1.54) is 0 Å². The molecule has 1 heterocycles. The summed E-state index contributed by atoms with van der Waals surface area (Å²) in [5.74, 6) is -1.10. The number of nitrogens with one attached hydrogen (secondary N) is 1. The van der Waals surface area contributed by atoms with Gasteiger partial charge in [-0.25, -0.2) is 0 Å². The molecule has 5 nitrogen and oxygen atoms in total. The number of anilines is 1. The van der Waals surface area contributed by atoms with Crippen molar-refractivity contribution in [3.8, 4) is 0 Å². The highest BCUT2D eigenvalue weighted by molar-refractivity contribution is 6.40. The Kier molecular flexibility index (Phi) is 4.35. The zero-order valence-corrected chi connectivity index (χ0v) is 14.3. The fourth-order valence-electron chi connectivity index (χ4n) is 3.08. The molecule has 2 aromatic carbocycles. The molecule has 0 atom stereocenters. The summed E-state index contributed by atoms with van der Waals surface area (Å²) in [6.45, 7) is 0.403. The standard InChI is InChI=1S/C21H19N3O2/c25-20(23-19-9-3-7-16-6-1-2-8-18(16)19)21(26)24(17-10-11-17)14-15-5-4-12-22-13-15/h1-9,12-13,17H,10-11,14H2,(H,23,25).